The highest BCUT2D eigenvalue weighted by atomic mass is 31.2. The Morgan fingerprint density at radius 1 is 0.557 bits per heavy atom. The molecule has 0 aromatic heterocycles. The molecule has 2 N–H and O–H groups in total. The second-order valence-corrected chi connectivity index (χ2v) is 21.0. The molecule has 61 heavy (non-hydrogen) atoms. The Bertz CT molecular complexity index is 1000. The summed E-state index contributed by atoms with van der Waals surface area (Å²) in [7, 11) is 1.27. The monoisotopic (exact) mass is 885 g/mol. The van der Waals surface area contributed by atoms with Crippen molar-refractivity contribution in [3.63, 3.8) is 0 Å². The number of nitrogens with one attached hydrogen (secondary N) is 1. The molecular formula is C52H105N2O6P. The number of aliphatic hydroxyl groups excluding tert-OH is 1. The van der Waals surface area contributed by atoms with Crippen molar-refractivity contribution >= 4 is 13.7 Å². The molecule has 0 fully saturated rings. The first-order valence-corrected chi connectivity index (χ1v) is 28.0. The number of hydrogen-bond acceptors (Lipinski definition) is 6. The van der Waals surface area contributed by atoms with E-state index in [0.29, 0.717) is 17.4 Å². The molecule has 1 amide bonds. The normalized spacial score (nSPS) is 14.1. The van der Waals surface area contributed by atoms with Gasteiger partial charge in [0, 0.05) is 6.42 Å². The van der Waals surface area contributed by atoms with Crippen LogP contribution >= 0.6 is 7.82 Å². The molecule has 364 valence electrons. The largest absolute Gasteiger partial charge is 0.756 e. The van der Waals surface area contributed by atoms with Gasteiger partial charge in [0.1, 0.15) is 13.2 Å². The first kappa shape index (κ1) is 60.2. The highest BCUT2D eigenvalue weighted by Gasteiger charge is 2.23. The van der Waals surface area contributed by atoms with Crippen LogP contribution in [-0.2, 0) is 18.4 Å². The summed E-state index contributed by atoms with van der Waals surface area (Å²) >= 11 is 0. The molecule has 0 bridgehead atoms. The SMILES string of the molecule is CCCCCCCCCCCCCCCCCCCCCCCCCCCCC/C=C/C(O)C(COP(=O)([O-])OCC[N+](C)(C)C)NC(=O)CCCCCCCCCCCC. The zero-order valence-electron chi connectivity index (χ0n) is 41.4. The van der Waals surface area contributed by atoms with Gasteiger partial charge in [-0.1, -0.05) is 251 Å². The minimum absolute atomic E-state index is 0.00213. The minimum Gasteiger partial charge on any atom is -0.756 e. The summed E-state index contributed by atoms with van der Waals surface area (Å²) in [4.78, 5) is 25.3. The van der Waals surface area contributed by atoms with Crippen LogP contribution in [0.1, 0.15) is 264 Å². The summed E-state index contributed by atoms with van der Waals surface area (Å²) in [5.74, 6) is -0.196. The predicted molar refractivity (Wildman–Crippen MR) is 261 cm³/mol. The molecule has 0 spiro atoms. The van der Waals surface area contributed by atoms with Crippen LogP contribution in [0.2, 0.25) is 0 Å². The minimum atomic E-state index is -4.58. The van der Waals surface area contributed by atoms with Gasteiger partial charge in [0.05, 0.1) is 39.9 Å². The molecule has 3 unspecified atom stereocenters. The topological polar surface area (TPSA) is 108 Å². The van der Waals surface area contributed by atoms with E-state index in [1.165, 1.54) is 205 Å². The number of nitrogens with zero attached hydrogens (tertiary/aromatic N) is 1. The average molecular weight is 885 g/mol. The van der Waals surface area contributed by atoms with Crippen molar-refractivity contribution in [1.29, 1.82) is 0 Å². The van der Waals surface area contributed by atoms with Crippen molar-refractivity contribution in [3.05, 3.63) is 12.2 Å². The number of quaternary nitrogens is 1. The van der Waals surface area contributed by atoms with E-state index in [4.69, 9.17) is 9.05 Å². The van der Waals surface area contributed by atoms with E-state index in [2.05, 4.69) is 19.2 Å². The van der Waals surface area contributed by atoms with Crippen LogP contribution in [0.25, 0.3) is 0 Å². The number of phosphoric acid groups is 1. The van der Waals surface area contributed by atoms with Gasteiger partial charge in [0.15, 0.2) is 0 Å². The Balaban J connectivity index is 4.05. The van der Waals surface area contributed by atoms with Gasteiger partial charge in [-0.15, -0.1) is 0 Å². The van der Waals surface area contributed by atoms with Gasteiger partial charge in [-0.25, -0.2) is 0 Å². The lowest BCUT2D eigenvalue weighted by atomic mass is 10.0. The number of aliphatic hydroxyl groups is 1. The Hall–Kier alpha value is -0.760. The molecule has 3 atom stereocenters. The van der Waals surface area contributed by atoms with Crippen molar-refractivity contribution in [1.82, 2.24) is 5.32 Å². The zero-order chi connectivity index (χ0) is 45.0. The predicted octanol–water partition coefficient (Wildman–Crippen LogP) is 14.8. The molecule has 8 nitrogen and oxygen atoms in total. The van der Waals surface area contributed by atoms with E-state index in [1.54, 1.807) is 6.08 Å². The van der Waals surface area contributed by atoms with Gasteiger partial charge in [-0.2, -0.15) is 0 Å². The van der Waals surface area contributed by atoms with Crippen molar-refractivity contribution in [2.45, 2.75) is 276 Å². The van der Waals surface area contributed by atoms with Crippen molar-refractivity contribution in [2.75, 3.05) is 40.9 Å². The van der Waals surface area contributed by atoms with Crippen LogP contribution in [0.4, 0.5) is 0 Å². The summed E-state index contributed by atoms with van der Waals surface area (Å²) in [6, 6.07) is -0.880. The number of allylic oxidation sites excluding steroid dienone is 1. The van der Waals surface area contributed by atoms with Crippen LogP contribution in [-0.4, -0.2) is 68.5 Å². The summed E-state index contributed by atoms with van der Waals surface area (Å²) in [6.45, 7) is 4.66. The molecule has 0 aromatic rings. The maximum absolute atomic E-state index is 12.8. The van der Waals surface area contributed by atoms with E-state index < -0.39 is 20.0 Å². The Kier molecular flexibility index (Phi) is 43.9. The zero-order valence-corrected chi connectivity index (χ0v) is 42.3. The van der Waals surface area contributed by atoms with E-state index >= 15 is 0 Å². The standard InChI is InChI=1S/C52H105N2O6P/c1-6-8-10-12-14-16-18-19-20-21-22-23-24-25-26-27-28-29-30-31-32-33-34-35-36-37-39-41-43-45-51(55)50(49-60-61(57,58)59-48-47-54(3,4)5)53-52(56)46-44-42-40-38-17-15-13-11-9-7-2/h43,45,50-51,55H,6-42,44,46-49H2,1-5H3,(H-,53,56,57,58)/b45-43+. The summed E-state index contributed by atoms with van der Waals surface area (Å²) in [6.07, 6.45) is 53.0. The Labute approximate surface area is 380 Å². The third-order valence-electron chi connectivity index (χ3n) is 12.2. The van der Waals surface area contributed by atoms with Gasteiger partial charge in [-0.3, -0.25) is 9.36 Å². The van der Waals surface area contributed by atoms with Crippen molar-refractivity contribution < 1.29 is 32.9 Å². The molecule has 0 aliphatic heterocycles. The summed E-state index contributed by atoms with van der Waals surface area (Å²) in [5.41, 5.74) is 0. The number of phosphoric ester groups is 1. The average Bonchev–Trinajstić information content (AvgIpc) is 3.21. The molecule has 0 rings (SSSR count). The van der Waals surface area contributed by atoms with E-state index in [0.717, 1.165) is 38.5 Å². The highest BCUT2D eigenvalue weighted by molar-refractivity contribution is 7.45. The number of rotatable bonds is 49. The van der Waals surface area contributed by atoms with Crippen molar-refractivity contribution in [3.8, 4) is 0 Å². The number of unbranched alkanes of at least 4 members (excludes halogenated alkanes) is 36. The Morgan fingerprint density at radius 2 is 0.885 bits per heavy atom. The van der Waals surface area contributed by atoms with Gasteiger partial charge < -0.3 is 28.8 Å². The molecule has 0 radical (unpaired) electrons. The molecule has 0 aliphatic rings. The second-order valence-electron chi connectivity index (χ2n) is 19.6. The quantitative estimate of drug-likeness (QED) is 0.0273. The summed E-state index contributed by atoms with van der Waals surface area (Å²) in [5, 5.41) is 13.8. The van der Waals surface area contributed by atoms with Crippen LogP contribution in [0.15, 0.2) is 12.2 Å². The Morgan fingerprint density at radius 3 is 1.23 bits per heavy atom. The van der Waals surface area contributed by atoms with Crippen LogP contribution in [0.5, 0.6) is 0 Å². The summed E-state index contributed by atoms with van der Waals surface area (Å²) < 4.78 is 23.2. The lowest BCUT2D eigenvalue weighted by molar-refractivity contribution is -0.870. The van der Waals surface area contributed by atoms with E-state index in [1.807, 2.05) is 27.2 Å². The number of carbonyl (C=O) groups is 1. The third-order valence-corrected chi connectivity index (χ3v) is 13.2. The lowest BCUT2D eigenvalue weighted by Gasteiger charge is -2.29. The number of carbonyl (C=O) groups excluding carboxylic acids is 1. The molecule has 0 heterocycles. The van der Waals surface area contributed by atoms with E-state index in [-0.39, 0.29) is 19.1 Å². The first-order chi connectivity index (χ1) is 29.5. The maximum atomic E-state index is 12.8. The molecule has 0 aliphatic carbocycles. The number of amides is 1. The lowest BCUT2D eigenvalue weighted by Crippen LogP contribution is -2.45. The number of likely N-dealkylation sites (N-methyl/N-ethyl adjacent to an activating group) is 1. The van der Waals surface area contributed by atoms with Crippen LogP contribution in [0.3, 0.4) is 0 Å². The van der Waals surface area contributed by atoms with Gasteiger partial charge >= 0.3 is 0 Å². The van der Waals surface area contributed by atoms with Crippen LogP contribution in [0, 0.1) is 0 Å². The number of hydrogen-bond donors (Lipinski definition) is 2. The smallest absolute Gasteiger partial charge is 0.268 e. The van der Waals surface area contributed by atoms with Gasteiger partial charge in [0.2, 0.25) is 5.91 Å². The van der Waals surface area contributed by atoms with Crippen molar-refractivity contribution in [2.24, 2.45) is 0 Å². The van der Waals surface area contributed by atoms with Crippen LogP contribution < -0.4 is 10.2 Å². The molecule has 0 saturated heterocycles. The van der Waals surface area contributed by atoms with E-state index in [9.17, 15) is 19.4 Å². The van der Waals surface area contributed by atoms with Gasteiger partial charge in [-0.05, 0) is 19.3 Å². The highest BCUT2D eigenvalue weighted by Crippen LogP contribution is 2.38. The fourth-order valence-corrected chi connectivity index (χ4v) is 8.76. The maximum Gasteiger partial charge on any atom is 0.268 e. The molecule has 9 heteroatoms. The first-order valence-electron chi connectivity index (χ1n) is 26.6. The fraction of sp³-hybridized carbons (Fsp3) is 0.942. The third kappa shape index (κ3) is 47.0. The fourth-order valence-electron chi connectivity index (χ4n) is 8.04. The molecule has 0 saturated carbocycles. The molecular weight excluding hydrogens is 780 g/mol. The second kappa shape index (κ2) is 44.4. The molecule has 0 aromatic carbocycles. The van der Waals surface area contributed by atoms with Gasteiger partial charge in [0.25, 0.3) is 7.82 Å².